The molecular weight excluding hydrogens is 360 g/mol. The van der Waals surface area contributed by atoms with Crippen LogP contribution < -0.4 is 9.62 Å². The SMILES string of the molecule is CCS(=O)(=O)N1c2ccc(C(=O)Nc3cccc(Cl)c3)cc2C[C@H]1C. The third-order valence-electron chi connectivity index (χ3n) is 4.24. The van der Waals surface area contributed by atoms with E-state index in [0.29, 0.717) is 28.4 Å². The first-order chi connectivity index (χ1) is 11.8. The number of halogens is 1. The lowest BCUT2D eigenvalue weighted by atomic mass is 10.1. The maximum absolute atomic E-state index is 12.5. The molecule has 1 heterocycles. The summed E-state index contributed by atoms with van der Waals surface area (Å²) in [6.45, 7) is 3.51. The van der Waals surface area contributed by atoms with Crippen LogP contribution in [0.5, 0.6) is 0 Å². The molecule has 2 aromatic rings. The normalized spacial score (nSPS) is 16.6. The van der Waals surface area contributed by atoms with Gasteiger partial charge in [0.25, 0.3) is 5.91 Å². The second kappa shape index (κ2) is 6.69. The van der Waals surface area contributed by atoms with Gasteiger partial charge < -0.3 is 5.32 Å². The van der Waals surface area contributed by atoms with Crippen LogP contribution in [0.4, 0.5) is 11.4 Å². The predicted molar refractivity (Wildman–Crippen MR) is 101 cm³/mol. The Labute approximate surface area is 152 Å². The van der Waals surface area contributed by atoms with Crippen LogP contribution in [0.2, 0.25) is 5.02 Å². The minimum atomic E-state index is -3.33. The highest BCUT2D eigenvalue weighted by molar-refractivity contribution is 7.92. The van der Waals surface area contributed by atoms with Gasteiger partial charge in [0.05, 0.1) is 11.4 Å². The fourth-order valence-corrected chi connectivity index (χ4v) is 4.65. The van der Waals surface area contributed by atoms with Crippen molar-refractivity contribution >= 4 is 38.9 Å². The Morgan fingerprint density at radius 2 is 2.04 bits per heavy atom. The Kier molecular flexibility index (Phi) is 4.75. The van der Waals surface area contributed by atoms with Gasteiger partial charge in [-0.25, -0.2) is 8.42 Å². The lowest BCUT2D eigenvalue weighted by Gasteiger charge is -2.23. The summed E-state index contributed by atoms with van der Waals surface area (Å²) >= 11 is 5.93. The van der Waals surface area contributed by atoms with E-state index in [9.17, 15) is 13.2 Å². The number of amides is 1. The molecule has 0 spiro atoms. The summed E-state index contributed by atoms with van der Waals surface area (Å²) < 4.78 is 26.1. The Hall–Kier alpha value is -2.05. The number of hydrogen-bond acceptors (Lipinski definition) is 3. The minimum Gasteiger partial charge on any atom is -0.322 e. The van der Waals surface area contributed by atoms with Crippen molar-refractivity contribution in [2.24, 2.45) is 0 Å². The van der Waals surface area contributed by atoms with Crippen molar-refractivity contribution in [3.8, 4) is 0 Å². The van der Waals surface area contributed by atoms with E-state index in [0.717, 1.165) is 5.56 Å². The molecule has 0 aliphatic carbocycles. The maximum Gasteiger partial charge on any atom is 0.255 e. The Bertz CT molecular complexity index is 928. The predicted octanol–water partition coefficient (Wildman–Crippen LogP) is 3.69. The van der Waals surface area contributed by atoms with Gasteiger partial charge in [0.1, 0.15) is 0 Å². The summed E-state index contributed by atoms with van der Waals surface area (Å²) in [7, 11) is -3.33. The lowest BCUT2D eigenvalue weighted by Crippen LogP contribution is -2.36. The van der Waals surface area contributed by atoms with Crippen molar-refractivity contribution in [2.75, 3.05) is 15.4 Å². The topological polar surface area (TPSA) is 66.5 Å². The zero-order valence-corrected chi connectivity index (χ0v) is 15.6. The van der Waals surface area contributed by atoms with Gasteiger partial charge in [0, 0.05) is 22.3 Å². The van der Waals surface area contributed by atoms with Gasteiger partial charge in [-0.2, -0.15) is 0 Å². The van der Waals surface area contributed by atoms with Crippen molar-refractivity contribution in [1.82, 2.24) is 0 Å². The highest BCUT2D eigenvalue weighted by Crippen LogP contribution is 2.35. The van der Waals surface area contributed by atoms with Crippen LogP contribution in [0.15, 0.2) is 42.5 Å². The van der Waals surface area contributed by atoms with Crippen LogP contribution in [0, 0.1) is 0 Å². The van der Waals surface area contributed by atoms with Gasteiger partial charge in [0.2, 0.25) is 10.0 Å². The standard InChI is InChI=1S/C18H19ClN2O3S/c1-3-25(23,24)21-12(2)9-14-10-13(7-8-17(14)21)18(22)20-16-6-4-5-15(19)11-16/h4-8,10-12H,3,9H2,1-2H3,(H,20,22)/t12-/m1/s1. The summed E-state index contributed by atoms with van der Waals surface area (Å²) in [6, 6.07) is 11.9. The zero-order chi connectivity index (χ0) is 18.2. The van der Waals surface area contributed by atoms with Gasteiger partial charge in [-0.15, -0.1) is 0 Å². The molecule has 7 heteroatoms. The van der Waals surface area contributed by atoms with E-state index in [4.69, 9.17) is 11.6 Å². The number of sulfonamides is 1. The summed E-state index contributed by atoms with van der Waals surface area (Å²) in [5.74, 6) is -0.206. The zero-order valence-electron chi connectivity index (χ0n) is 14.0. The molecule has 1 atom stereocenters. The molecule has 132 valence electrons. The molecule has 0 unspecified atom stereocenters. The first-order valence-electron chi connectivity index (χ1n) is 8.04. The van der Waals surface area contributed by atoms with Crippen LogP contribution in [0.3, 0.4) is 0 Å². The Balaban J connectivity index is 1.87. The number of carbonyl (C=O) groups is 1. The number of anilines is 2. The molecule has 5 nitrogen and oxygen atoms in total. The van der Waals surface area contributed by atoms with Crippen molar-refractivity contribution in [3.05, 3.63) is 58.6 Å². The summed E-state index contributed by atoms with van der Waals surface area (Å²) in [5.41, 5.74) is 2.63. The number of nitrogens with one attached hydrogen (secondary N) is 1. The highest BCUT2D eigenvalue weighted by atomic mass is 35.5. The Morgan fingerprint density at radius 3 is 2.72 bits per heavy atom. The van der Waals surface area contributed by atoms with Crippen LogP contribution in [-0.4, -0.2) is 26.1 Å². The molecule has 1 aliphatic rings. The van der Waals surface area contributed by atoms with Gasteiger partial charge in [-0.3, -0.25) is 9.10 Å². The molecule has 1 amide bonds. The molecule has 1 N–H and O–H groups in total. The van der Waals surface area contributed by atoms with Crippen molar-refractivity contribution in [3.63, 3.8) is 0 Å². The molecule has 0 fully saturated rings. The molecule has 0 radical (unpaired) electrons. The molecule has 0 saturated carbocycles. The molecule has 2 aromatic carbocycles. The average molecular weight is 379 g/mol. The van der Waals surface area contributed by atoms with E-state index < -0.39 is 10.0 Å². The summed E-state index contributed by atoms with van der Waals surface area (Å²) in [5, 5.41) is 3.34. The van der Waals surface area contributed by atoms with E-state index in [2.05, 4.69) is 5.32 Å². The van der Waals surface area contributed by atoms with Gasteiger partial charge in [-0.1, -0.05) is 17.7 Å². The van der Waals surface area contributed by atoms with Crippen molar-refractivity contribution in [1.29, 1.82) is 0 Å². The number of fused-ring (bicyclic) bond motifs is 1. The fraction of sp³-hybridized carbons (Fsp3) is 0.278. The van der Waals surface area contributed by atoms with Gasteiger partial charge in [0.15, 0.2) is 0 Å². The number of hydrogen-bond donors (Lipinski definition) is 1. The Morgan fingerprint density at radius 1 is 1.28 bits per heavy atom. The maximum atomic E-state index is 12.5. The van der Waals surface area contributed by atoms with Gasteiger partial charge >= 0.3 is 0 Å². The highest BCUT2D eigenvalue weighted by Gasteiger charge is 2.34. The summed E-state index contributed by atoms with van der Waals surface area (Å²) in [4.78, 5) is 12.5. The number of rotatable bonds is 4. The number of benzene rings is 2. The minimum absolute atomic E-state index is 0.0494. The van der Waals surface area contributed by atoms with Crippen LogP contribution in [0.1, 0.15) is 29.8 Å². The largest absolute Gasteiger partial charge is 0.322 e. The van der Waals surface area contributed by atoms with Crippen molar-refractivity contribution in [2.45, 2.75) is 26.3 Å². The monoisotopic (exact) mass is 378 g/mol. The van der Waals surface area contributed by atoms with E-state index in [1.54, 1.807) is 49.4 Å². The molecule has 0 saturated heterocycles. The van der Waals surface area contributed by atoms with E-state index in [1.807, 2.05) is 6.92 Å². The third kappa shape index (κ3) is 3.50. The van der Waals surface area contributed by atoms with Crippen molar-refractivity contribution < 1.29 is 13.2 Å². The van der Waals surface area contributed by atoms with E-state index in [1.165, 1.54) is 4.31 Å². The third-order valence-corrected chi connectivity index (χ3v) is 6.36. The fourth-order valence-electron chi connectivity index (χ4n) is 3.08. The quantitative estimate of drug-likeness (QED) is 0.882. The van der Waals surface area contributed by atoms with E-state index in [-0.39, 0.29) is 17.7 Å². The van der Waals surface area contributed by atoms with Gasteiger partial charge in [-0.05, 0) is 62.2 Å². The van der Waals surface area contributed by atoms with Crippen LogP contribution in [0.25, 0.3) is 0 Å². The van der Waals surface area contributed by atoms with Crippen LogP contribution >= 0.6 is 11.6 Å². The first-order valence-corrected chi connectivity index (χ1v) is 10.0. The summed E-state index contributed by atoms with van der Waals surface area (Å²) in [6.07, 6.45) is 0.590. The molecule has 1 aliphatic heterocycles. The molecular formula is C18H19ClN2O3S. The van der Waals surface area contributed by atoms with Crippen LogP contribution in [-0.2, 0) is 16.4 Å². The smallest absolute Gasteiger partial charge is 0.255 e. The second-order valence-electron chi connectivity index (χ2n) is 6.06. The number of carbonyl (C=O) groups excluding carboxylic acids is 1. The lowest BCUT2D eigenvalue weighted by molar-refractivity contribution is 0.102. The average Bonchev–Trinajstić information content (AvgIpc) is 2.90. The molecule has 25 heavy (non-hydrogen) atoms. The number of nitrogens with zero attached hydrogens (tertiary/aromatic N) is 1. The van der Waals surface area contributed by atoms with E-state index >= 15 is 0 Å². The molecule has 0 bridgehead atoms. The molecule has 3 rings (SSSR count). The second-order valence-corrected chi connectivity index (χ2v) is 8.63. The first kappa shape index (κ1) is 17.8. The molecule has 0 aromatic heterocycles.